The van der Waals surface area contributed by atoms with Crippen molar-refractivity contribution in [2.75, 3.05) is 0 Å². The van der Waals surface area contributed by atoms with Crippen LogP contribution in [0.15, 0.2) is 30.6 Å². The maximum Gasteiger partial charge on any atom is 0.416 e. The summed E-state index contributed by atoms with van der Waals surface area (Å²) in [5.74, 6) is -0.884. The summed E-state index contributed by atoms with van der Waals surface area (Å²) in [5.41, 5.74) is 0.245. The Kier molecular flexibility index (Phi) is 5.74. The molecule has 1 aliphatic carbocycles. The number of aromatic nitrogens is 3. The Balaban J connectivity index is 1.64. The van der Waals surface area contributed by atoms with Gasteiger partial charge in [0.05, 0.1) is 35.7 Å². The SMILES string of the molecule is Cc1sc(-c2cc(OC3CCCC3)cc(C(F)(F)F)c2)nc1Cn1cc(C(=O)O)cn1. The summed E-state index contributed by atoms with van der Waals surface area (Å²) in [6.07, 6.45) is 1.78. The Morgan fingerprint density at radius 1 is 1.29 bits per heavy atom. The maximum absolute atomic E-state index is 13.5. The van der Waals surface area contributed by atoms with E-state index in [2.05, 4.69) is 10.1 Å². The van der Waals surface area contributed by atoms with Gasteiger partial charge in [0.25, 0.3) is 0 Å². The number of halogens is 3. The molecule has 31 heavy (non-hydrogen) atoms. The van der Waals surface area contributed by atoms with Gasteiger partial charge in [-0.1, -0.05) is 0 Å². The van der Waals surface area contributed by atoms with Crippen molar-refractivity contribution in [3.05, 3.63) is 52.3 Å². The number of carbonyl (C=O) groups is 1. The van der Waals surface area contributed by atoms with Crippen molar-refractivity contribution in [1.82, 2.24) is 14.8 Å². The standard InChI is InChI=1S/C21H20F3N3O3S/c1-12-18(11-27-10-14(9-25-27)20(28)29)26-19(31-12)13-6-15(21(22,23)24)8-17(7-13)30-16-4-2-3-5-16/h6-10,16H,2-5,11H2,1H3,(H,28,29). The van der Waals surface area contributed by atoms with Crippen LogP contribution in [0.2, 0.25) is 0 Å². The topological polar surface area (TPSA) is 77.2 Å². The lowest BCUT2D eigenvalue weighted by Crippen LogP contribution is -2.12. The van der Waals surface area contributed by atoms with Crippen molar-refractivity contribution in [2.45, 2.75) is 51.4 Å². The number of aromatic carboxylic acids is 1. The van der Waals surface area contributed by atoms with Gasteiger partial charge in [-0.3, -0.25) is 4.68 Å². The Labute approximate surface area is 180 Å². The van der Waals surface area contributed by atoms with Crippen LogP contribution in [0.5, 0.6) is 5.75 Å². The van der Waals surface area contributed by atoms with Gasteiger partial charge >= 0.3 is 12.1 Å². The molecular weight excluding hydrogens is 431 g/mol. The van der Waals surface area contributed by atoms with E-state index in [1.807, 2.05) is 6.92 Å². The molecule has 1 aromatic carbocycles. The van der Waals surface area contributed by atoms with E-state index in [0.717, 1.165) is 42.7 Å². The summed E-state index contributed by atoms with van der Waals surface area (Å²) in [5, 5.41) is 13.5. The highest BCUT2D eigenvalue weighted by Gasteiger charge is 2.32. The zero-order chi connectivity index (χ0) is 22.2. The monoisotopic (exact) mass is 451 g/mol. The summed E-state index contributed by atoms with van der Waals surface area (Å²) in [4.78, 5) is 16.4. The number of alkyl halides is 3. The first kappa shape index (κ1) is 21.4. The molecule has 164 valence electrons. The molecule has 0 aliphatic heterocycles. The highest BCUT2D eigenvalue weighted by molar-refractivity contribution is 7.15. The van der Waals surface area contributed by atoms with E-state index in [1.54, 1.807) is 6.07 Å². The minimum absolute atomic E-state index is 0.0553. The highest BCUT2D eigenvalue weighted by atomic mass is 32.1. The van der Waals surface area contributed by atoms with Crippen LogP contribution in [0.1, 0.15) is 52.2 Å². The summed E-state index contributed by atoms with van der Waals surface area (Å²) in [6, 6.07) is 3.73. The number of carboxylic acids is 1. The maximum atomic E-state index is 13.5. The van der Waals surface area contributed by atoms with Crippen LogP contribution < -0.4 is 4.74 Å². The van der Waals surface area contributed by atoms with Gasteiger partial charge in [-0.25, -0.2) is 9.78 Å². The van der Waals surface area contributed by atoms with Crippen LogP contribution in [-0.4, -0.2) is 31.9 Å². The first-order chi connectivity index (χ1) is 14.7. The van der Waals surface area contributed by atoms with Gasteiger partial charge in [-0.2, -0.15) is 18.3 Å². The molecule has 0 saturated heterocycles. The zero-order valence-corrected chi connectivity index (χ0v) is 17.5. The van der Waals surface area contributed by atoms with Crippen molar-refractivity contribution in [3.8, 4) is 16.3 Å². The first-order valence-electron chi connectivity index (χ1n) is 9.80. The minimum atomic E-state index is -4.50. The van der Waals surface area contributed by atoms with E-state index in [-0.39, 0.29) is 24.0 Å². The first-order valence-corrected chi connectivity index (χ1v) is 10.6. The van der Waals surface area contributed by atoms with Crippen molar-refractivity contribution >= 4 is 17.3 Å². The van der Waals surface area contributed by atoms with Crippen LogP contribution in [0.25, 0.3) is 10.6 Å². The molecule has 1 N–H and O–H groups in total. The molecule has 6 nitrogen and oxygen atoms in total. The number of thiazole rings is 1. The molecule has 0 amide bonds. The number of rotatable bonds is 6. The van der Waals surface area contributed by atoms with Crippen LogP contribution in [0.3, 0.4) is 0 Å². The quantitative estimate of drug-likeness (QED) is 0.543. The zero-order valence-electron chi connectivity index (χ0n) is 16.6. The van der Waals surface area contributed by atoms with Crippen molar-refractivity contribution in [2.24, 2.45) is 0 Å². The fourth-order valence-corrected chi connectivity index (χ4v) is 4.47. The molecule has 3 aromatic rings. The normalized spacial score (nSPS) is 14.8. The van der Waals surface area contributed by atoms with Gasteiger partial charge in [0.2, 0.25) is 0 Å². The summed E-state index contributed by atoms with van der Waals surface area (Å²) in [7, 11) is 0. The lowest BCUT2D eigenvalue weighted by molar-refractivity contribution is -0.137. The van der Waals surface area contributed by atoms with Crippen LogP contribution >= 0.6 is 11.3 Å². The number of hydrogen-bond acceptors (Lipinski definition) is 5. The molecule has 10 heteroatoms. The summed E-state index contributed by atoms with van der Waals surface area (Å²) >= 11 is 1.28. The smallest absolute Gasteiger partial charge is 0.416 e. The molecule has 0 spiro atoms. The van der Waals surface area contributed by atoms with Gasteiger partial charge < -0.3 is 9.84 Å². The molecule has 0 unspecified atom stereocenters. The minimum Gasteiger partial charge on any atom is -0.490 e. The van der Waals surface area contributed by atoms with Crippen LogP contribution in [0.4, 0.5) is 13.2 Å². The lowest BCUT2D eigenvalue weighted by atomic mass is 10.1. The number of ether oxygens (including phenoxy) is 1. The number of carboxylic acid groups (broad SMARTS) is 1. The lowest BCUT2D eigenvalue weighted by Gasteiger charge is -2.16. The molecule has 1 fully saturated rings. The fourth-order valence-electron chi connectivity index (χ4n) is 3.57. The summed E-state index contributed by atoms with van der Waals surface area (Å²) < 4.78 is 47.7. The number of benzene rings is 1. The molecule has 0 atom stereocenters. The molecule has 1 saturated carbocycles. The van der Waals surface area contributed by atoms with E-state index in [4.69, 9.17) is 9.84 Å². The van der Waals surface area contributed by atoms with E-state index in [1.165, 1.54) is 28.4 Å². The molecule has 2 aromatic heterocycles. The fraction of sp³-hybridized carbons (Fsp3) is 0.381. The predicted octanol–water partition coefficient (Wildman–Crippen LogP) is 5.40. The molecular formula is C21H20F3N3O3S. The Bertz CT molecular complexity index is 1100. The summed E-state index contributed by atoms with van der Waals surface area (Å²) in [6.45, 7) is 2.04. The van der Waals surface area contributed by atoms with E-state index < -0.39 is 17.7 Å². The molecule has 4 rings (SSSR count). The molecule has 0 radical (unpaired) electrons. The van der Waals surface area contributed by atoms with Gasteiger partial charge in [0.1, 0.15) is 10.8 Å². The van der Waals surface area contributed by atoms with Gasteiger partial charge in [-0.05, 0) is 50.8 Å². The second-order valence-electron chi connectivity index (χ2n) is 7.52. The van der Waals surface area contributed by atoms with Gasteiger partial charge in [0.15, 0.2) is 0 Å². The predicted molar refractivity (Wildman–Crippen MR) is 108 cm³/mol. The van der Waals surface area contributed by atoms with Crippen LogP contribution in [-0.2, 0) is 12.7 Å². The Hall–Kier alpha value is -2.88. The van der Waals surface area contributed by atoms with Crippen molar-refractivity contribution in [1.29, 1.82) is 0 Å². The van der Waals surface area contributed by atoms with E-state index in [9.17, 15) is 18.0 Å². The molecule has 2 heterocycles. The third-order valence-electron chi connectivity index (χ3n) is 5.17. The average Bonchev–Trinajstić information content (AvgIpc) is 3.44. The second kappa shape index (κ2) is 8.33. The Morgan fingerprint density at radius 2 is 2.03 bits per heavy atom. The molecule has 1 aliphatic rings. The number of aryl methyl sites for hydroxylation is 1. The van der Waals surface area contributed by atoms with E-state index >= 15 is 0 Å². The second-order valence-corrected chi connectivity index (χ2v) is 8.72. The Morgan fingerprint density at radius 3 is 2.68 bits per heavy atom. The van der Waals surface area contributed by atoms with Crippen molar-refractivity contribution < 1.29 is 27.8 Å². The van der Waals surface area contributed by atoms with Gasteiger partial charge in [-0.15, -0.1) is 11.3 Å². The average molecular weight is 451 g/mol. The largest absolute Gasteiger partial charge is 0.490 e. The third-order valence-corrected chi connectivity index (χ3v) is 6.23. The number of hydrogen-bond donors (Lipinski definition) is 1. The van der Waals surface area contributed by atoms with Crippen molar-refractivity contribution in [3.63, 3.8) is 0 Å². The molecule has 0 bridgehead atoms. The highest BCUT2D eigenvalue weighted by Crippen LogP contribution is 2.38. The third kappa shape index (κ3) is 4.90. The van der Waals surface area contributed by atoms with Crippen LogP contribution in [0, 0.1) is 6.92 Å². The van der Waals surface area contributed by atoms with E-state index in [0.29, 0.717) is 16.3 Å². The van der Waals surface area contributed by atoms with Gasteiger partial charge in [0, 0.05) is 16.6 Å². The number of nitrogens with zero attached hydrogens (tertiary/aromatic N) is 3.